The molecule has 0 bridgehead atoms. The fourth-order valence-corrected chi connectivity index (χ4v) is 2.24. The number of aryl methyl sites for hydroxylation is 1. The van der Waals surface area contributed by atoms with E-state index in [0.29, 0.717) is 5.56 Å². The topological polar surface area (TPSA) is 46.2 Å². The monoisotopic (exact) mass is 287 g/mol. The molecule has 0 unspecified atom stereocenters. The first-order valence-corrected chi connectivity index (χ1v) is 6.98. The number of benzene rings is 1. The maximum absolute atomic E-state index is 14.0. The summed E-state index contributed by atoms with van der Waals surface area (Å²) in [5.74, 6) is -0.329. The summed E-state index contributed by atoms with van der Waals surface area (Å²) in [5.41, 5.74) is 7.04. The largest absolute Gasteiger partial charge is 0.395 e. The molecule has 0 spiro atoms. The highest BCUT2D eigenvalue weighted by molar-refractivity contribution is 6.30. The zero-order valence-corrected chi connectivity index (χ0v) is 12.6. The molecule has 0 saturated heterocycles. The standard InChI is InChI=1S/C15H23ClFNO/c1-15(2,3)12-7-10(8-13(16)14(12)17)5-4-6-11(18)9-19/h7-8,11,19H,4-6,9,18H2,1-3H3/t11-/m1/s1. The number of aliphatic hydroxyl groups excluding tert-OH is 1. The van der Waals surface area contributed by atoms with E-state index in [-0.39, 0.29) is 28.9 Å². The van der Waals surface area contributed by atoms with E-state index in [1.807, 2.05) is 26.8 Å². The van der Waals surface area contributed by atoms with Crippen LogP contribution < -0.4 is 5.73 Å². The molecule has 0 aromatic heterocycles. The Bertz CT molecular complexity index is 429. The van der Waals surface area contributed by atoms with Crippen LogP contribution in [0, 0.1) is 5.82 Å². The number of nitrogens with two attached hydrogens (primary N) is 1. The van der Waals surface area contributed by atoms with Crippen LogP contribution in [0.5, 0.6) is 0 Å². The molecular weight excluding hydrogens is 265 g/mol. The third kappa shape index (κ3) is 4.75. The first-order chi connectivity index (χ1) is 8.75. The summed E-state index contributed by atoms with van der Waals surface area (Å²) in [6, 6.07) is 3.38. The SMILES string of the molecule is CC(C)(C)c1cc(CCC[C@@H](N)CO)cc(Cl)c1F. The van der Waals surface area contributed by atoms with Gasteiger partial charge in [0.25, 0.3) is 0 Å². The Morgan fingerprint density at radius 1 is 1.37 bits per heavy atom. The van der Waals surface area contributed by atoms with Crippen LogP contribution in [0.25, 0.3) is 0 Å². The second-order valence-corrected chi connectivity index (χ2v) is 6.43. The highest BCUT2D eigenvalue weighted by Crippen LogP contribution is 2.31. The van der Waals surface area contributed by atoms with Crippen molar-refractivity contribution in [1.82, 2.24) is 0 Å². The minimum absolute atomic E-state index is 0.00256. The summed E-state index contributed by atoms with van der Waals surface area (Å²) in [5, 5.41) is 9.04. The number of aliphatic hydroxyl groups is 1. The third-order valence-electron chi connectivity index (χ3n) is 3.17. The van der Waals surface area contributed by atoms with Gasteiger partial charge in [-0.05, 0) is 41.9 Å². The molecule has 1 rings (SSSR count). The molecule has 1 aromatic rings. The van der Waals surface area contributed by atoms with Crippen molar-refractivity contribution in [3.63, 3.8) is 0 Å². The fraction of sp³-hybridized carbons (Fsp3) is 0.600. The quantitative estimate of drug-likeness (QED) is 0.872. The molecule has 19 heavy (non-hydrogen) atoms. The smallest absolute Gasteiger partial charge is 0.145 e. The molecule has 1 atom stereocenters. The molecule has 1 aromatic carbocycles. The molecule has 0 heterocycles. The van der Waals surface area contributed by atoms with E-state index < -0.39 is 0 Å². The minimum atomic E-state index is -0.329. The second-order valence-electron chi connectivity index (χ2n) is 6.02. The van der Waals surface area contributed by atoms with E-state index in [1.165, 1.54) is 0 Å². The lowest BCUT2D eigenvalue weighted by molar-refractivity contribution is 0.258. The van der Waals surface area contributed by atoms with E-state index in [1.54, 1.807) is 6.07 Å². The van der Waals surface area contributed by atoms with Crippen molar-refractivity contribution < 1.29 is 9.50 Å². The van der Waals surface area contributed by atoms with Gasteiger partial charge >= 0.3 is 0 Å². The van der Waals surface area contributed by atoms with Crippen molar-refractivity contribution in [2.24, 2.45) is 5.73 Å². The van der Waals surface area contributed by atoms with Gasteiger partial charge in [-0.3, -0.25) is 0 Å². The average molecular weight is 288 g/mol. The van der Waals surface area contributed by atoms with Gasteiger partial charge in [0.15, 0.2) is 0 Å². The second kappa shape index (κ2) is 6.69. The Kier molecular flexibility index (Phi) is 5.78. The summed E-state index contributed by atoms with van der Waals surface area (Å²) in [4.78, 5) is 0. The molecule has 0 fully saturated rings. The van der Waals surface area contributed by atoms with Crippen LogP contribution in [-0.2, 0) is 11.8 Å². The van der Waals surface area contributed by atoms with Gasteiger partial charge in [-0.2, -0.15) is 0 Å². The molecule has 0 saturated carbocycles. The van der Waals surface area contributed by atoms with Crippen molar-refractivity contribution >= 4 is 11.6 Å². The first-order valence-electron chi connectivity index (χ1n) is 6.60. The number of rotatable bonds is 5. The minimum Gasteiger partial charge on any atom is -0.395 e. The van der Waals surface area contributed by atoms with Crippen molar-refractivity contribution in [2.45, 2.75) is 51.5 Å². The first kappa shape index (κ1) is 16.4. The number of hydrogen-bond acceptors (Lipinski definition) is 2. The maximum atomic E-state index is 14.0. The van der Waals surface area contributed by atoms with Gasteiger partial charge in [0.05, 0.1) is 11.6 Å². The van der Waals surface area contributed by atoms with Crippen LogP contribution in [-0.4, -0.2) is 17.8 Å². The Morgan fingerprint density at radius 2 is 2.00 bits per heavy atom. The van der Waals surface area contributed by atoms with E-state index in [4.69, 9.17) is 22.4 Å². The van der Waals surface area contributed by atoms with Gasteiger partial charge in [0, 0.05) is 6.04 Å². The van der Waals surface area contributed by atoms with Crippen molar-refractivity contribution in [3.05, 3.63) is 34.1 Å². The number of hydrogen-bond donors (Lipinski definition) is 2. The Labute approximate surface area is 119 Å². The summed E-state index contributed by atoms with van der Waals surface area (Å²) in [6.45, 7) is 5.89. The zero-order chi connectivity index (χ0) is 14.6. The molecule has 0 amide bonds. The molecule has 0 radical (unpaired) electrons. The van der Waals surface area contributed by atoms with Crippen molar-refractivity contribution in [3.8, 4) is 0 Å². The summed E-state index contributed by atoms with van der Waals surface area (Å²) >= 11 is 5.95. The molecule has 0 aliphatic heterocycles. The molecule has 4 heteroatoms. The lowest BCUT2D eigenvalue weighted by Gasteiger charge is -2.21. The molecule has 0 aliphatic carbocycles. The van der Waals surface area contributed by atoms with Gasteiger partial charge in [-0.1, -0.05) is 38.4 Å². The van der Waals surface area contributed by atoms with Gasteiger partial charge in [0.1, 0.15) is 5.82 Å². The Morgan fingerprint density at radius 3 is 2.53 bits per heavy atom. The van der Waals surface area contributed by atoms with Crippen LogP contribution in [0.2, 0.25) is 5.02 Å². The normalized spacial score (nSPS) is 13.6. The van der Waals surface area contributed by atoms with Gasteiger partial charge in [0.2, 0.25) is 0 Å². The van der Waals surface area contributed by atoms with E-state index in [0.717, 1.165) is 24.8 Å². The Balaban J connectivity index is 2.83. The van der Waals surface area contributed by atoms with Crippen LogP contribution in [0.3, 0.4) is 0 Å². The highest BCUT2D eigenvalue weighted by Gasteiger charge is 2.21. The van der Waals surface area contributed by atoms with Gasteiger partial charge < -0.3 is 10.8 Å². The zero-order valence-electron chi connectivity index (χ0n) is 11.8. The molecular formula is C15H23ClFNO. The van der Waals surface area contributed by atoms with E-state index in [2.05, 4.69) is 0 Å². The Hall–Kier alpha value is -0.640. The summed E-state index contributed by atoms with van der Waals surface area (Å²) in [6.07, 6.45) is 2.39. The van der Waals surface area contributed by atoms with Crippen LogP contribution >= 0.6 is 11.6 Å². The lowest BCUT2D eigenvalue weighted by Crippen LogP contribution is -2.24. The predicted molar refractivity (Wildman–Crippen MR) is 78.1 cm³/mol. The van der Waals surface area contributed by atoms with Crippen molar-refractivity contribution in [2.75, 3.05) is 6.61 Å². The average Bonchev–Trinajstić information content (AvgIpc) is 2.31. The summed E-state index contributed by atoms with van der Waals surface area (Å²) in [7, 11) is 0. The van der Waals surface area contributed by atoms with Crippen LogP contribution in [0.4, 0.5) is 4.39 Å². The van der Waals surface area contributed by atoms with E-state index in [9.17, 15) is 4.39 Å². The molecule has 108 valence electrons. The maximum Gasteiger partial charge on any atom is 0.145 e. The molecule has 0 aliphatic rings. The summed E-state index contributed by atoms with van der Waals surface area (Å²) < 4.78 is 14.0. The fourth-order valence-electron chi connectivity index (χ4n) is 1.99. The van der Waals surface area contributed by atoms with E-state index >= 15 is 0 Å². The van der Waals surface area contributed by atoms with Crippen LogP contribution in [0.1, 0.15) is 44.7 Å². The van der Waals surface area contributed by atoms with Gasteiger partial charge in [-0.25, -0.2) is 4.39 Å². The lowest BCUT2D eigenvalue weighted by atomic mass is 9.85. The molecule has 2 nitrogen and oxygen atoms in total. The predicted octanol–water partition coefficient (Wildman–Crippen LogP) is 3.42. The van der Waals surface area contributed by atoms with Crippen LogP contribution in [0.15, 0.2) is 12.1 Å². The molecule has 3 N–H and O–H groups in total. The van der Waals surface area contributed by atoms with Gasteiger partial charge in [-0.15, -0.1) is 0 Å². The van der Waals surface area contributed by atoms with Crippen molar-refractivity contribution in [1.29, 1.82) is 0 Å². The highest BCUT2D eigenvalue weighted by atomic mass is 35.5. The third-order valence-corrected chi connectivity index (χ3v) is 3.45. The number of halogens is 2.